The molecule has 2 N–H and O–H groups in total. The Hall–Kier alpha value is -1.29. The molecule has 1 aromatic rings. The van der Waals surface area contributed by atoms with Crippen LogP contribution in [0.2, 0.25) is 0 Å². The third-order valence-corrected chi connectivity index (χ3v) is 2.95. The molecule has 0 saturated carbocycles. The zero-order valence-corrected chi connectivity index (χ0v) is 8.24. The van der Waals surface area contributed by atoms with Crippen molar-refractivity contribution in [3.05, 3.63) is 23.7 Å². The summed E-state index contributed by atoms with van der Waals surface area (Å²) in [5.74, 6) is 0.139. The maximum atomic E-state index is 11.6. The number of carbonyl (C=O) groups excluding carboxylic acids is 1. The molecule has 1 aromatic heterocycles. The molecule has 0 spiro atoms. The molecule has 1 heterocycles. The summed E-state index contributed by atoms with van der Waals surface area (Å²) < 4.78 is 9.97. The lowest BCUT2D eigenvalue weighted by molar-refractivity contribution is -0.149. The van der Waals surface area contributed by atoms with Crippen LogP contribution in [0.1, 0.15) is 18.2 Å². The second kappa shape index (κ2) is 2.85. The van der Waals surface area contributed by atoms with Crippen LogP contribution in [0.4, 0.5) is 0 Å². The van der Waals surface area contributed by atoms with Gasteiger partial charge in [-0.2, -0.15) is 0 Å². The van der Waals surface area contributed by atoms with Crippen molar-refractivity contribution in [1.29, 1.82) is 0 Å². The zero-order chi connectivity index (χ0) is 10.3. The van der Waals surface area contributed by atoms with Gasteiger partial charge in [-0.1, -0.05) is 6.92 Å². The predicted octanol–water partition coefficient (Wildman–Crippen LogP) is 0.799. The molecule has 76 valence electrons. The average Bonchev–Trinajstić information content (AvgIpc) is 2.70. The van der Waals surface area contributed by atoms with Crippen LogP contribution in [-0.2, 0) is 21.5 Å². The van der Waals surface area contributed by atoms with Crippen LogP contribution < -0.4 is 5.73 Å². The molecule has 4 nitrogen and oxygen atoms in total. The molecule has 2 unspecified atom stereocenters. The van der Waals surface area contributed by atoms with Gasteiger partial charge in [0, 0.05) is 0 Å². The summed E-state index contributed by atoms with van der Waals surface area (Å²) in [6, 6.07) is 1.85. The van der Waals surface area contributed by atoms with Crippen molar-refractivity contribution >= 4 is 5.97 Å². The Morgan fingerprint density at radius 1 is 1.79 bits per heavy atom. The van der Waals surface area contributed by atoms with Gasteiger partial charge in [-0.15, -0.1) is 0 Å². The molecule has 2 atom stereocenters. The molecular weight excluding hydrogens is 182 g/mol. The fraction of sp³-hybridized carbons (Fsp3) is 0.500. The summed E-state index contributed by atoms with van der Waals surface area (Å²) in [7, 11) is 1.34. The highest BCUT2D eigenvalue weighted by Gasteiger charge is 2.51. The van der Waals surface area contributed by atoms with Gasteiger partial charge in [0.1, 0.15) is 5.76 Å². The number of furan rings is 1. The second-order valence-electron chi connectivity index (χ2n) is 3.74. The summed E-state index contributed by atoms with van der Waals surface area (Å²) >= 11 is 0. The summed E-state index contributed by atoms with van der Waals surface area (Å²) in [5, 5.41) is 0. The largest absolute Gasteiger partial charge is 0.467 e. The fourth-order valence-corrected chi connectivity index (χ4v) is 2.04. The number of esters is 1. The van der Waals surface area contributed by atoms with Gasteiger partial charge in [-0.05, 0) is 24.0 Å². The first kappa shape index (κ1) is 9.27. The molecule has 0 aliphatic heterocycles. The molecule has 0 fully saturated rings. The van der Waals surface area contributed by atoms with Crippen LogP contribution in [0.3, 0.4) is 0 Å². The van der Waals surface area contributed by atoms with E-state index >= 15 is 0 Å². The van der Waals surface area contributed by atoms with Gasteiger partial charge in [0.05, 0.1) is 13.4 Å². The summed E-state index contributed by atoms with van der Waals surface area (Å²) in [4.78, 5) is 11.6. The van der Waals surface area contributed by atoms with Gasteiger partial charge in [0.15, 0.2) is 5.54 Å². The molecule has 4 heteroatoms. The van der Waals surface area contributed by atoms with Crippen molar-refractivity contribution in [2.24, 2.45) is 11.7 Å². The van der Waals surface area contributed by atoms with Crippen LogP contribution in [0, 0.1) is 5.92 Å². The van der Waals surface area contributed by atoms with E-state index in [1.165, 1.54) is 7.11 Å². The second-order valence-corrected chi connectivity index (χ2v) is 3.74. The maximum Gasteiger partial charge on any atom is 0.334 e. The Kier molecular flexibility index (Phi) is 1.89. The number of hydrogen-bond acceptors (Lipinski definition) is 4. The van der Waals surface area contributed by atoms with Crippen LogP contribution in [-0.4, -0.2) is 13.1 Å². The number of rotatable bonds is 1. The third kappa shape index (κ3) is 0.944. The standard InChI is InChI=1S/C10H13NO3/c1-6-5-7-3-4-14-8(7)10(6,11)9(12)13-2/h3-4,6H,5,11H2,1-2H3. The SMILES string of the molecule is COC(=O)C1(N)c2occc2CC1C. The minimum atomic E-state index is -1.10. The van der Waals surface area contributed by atoms with Crippen LogP contribution >= 0.6 is 0 Å². The quantitative estimate of drug-likeness (QED) is 0.673. The van der Waals surface area contributed by atoms with Crippen LogP contribution in [0.25, 0.3) is 0 Å². The van der Waals surface area contributed by atoms with Crippen molar-refractivity contribution in [2.45, 2.75) is 18.9 Å². The summed E-state index contributed by atoms with van der Waals surface area (Å²) in [6.07, 6.45) is 2.32. The normalized spacial score (nSPS) is 30.1. The van der Waals surface area contributed by atoms with Gasteiger partial charge < -0.3 is 14.9 Å². The Morgan fingerprint density at radius 2 is 2.50 bits per heavy atom. The molecule has 2 rings (SSSR count). The van der Waals surface area contributed by atoms with Crippen molar-refractivity contribution in [3.63, 3.8) is 0 Å². The van der Waals surface area contributed by atoms with E-state index in [9.17, 15) is 4.79 Å². The number of hydrogen-bond donors (Lipinski definition) is 1. The van der Waals surface area contributed by atoms with E-state index in [1.54, 1.807) is 6.26 Å². The lowest BCUT2D eigenvalue weighted by Gasteiger charge is -2.24. The Bertz CT molecular complexity index is 371. The first-order valence-electron chi connectivity index (χ1n) is 4.54. The molecule has 14 heavy (non-hydrogen) atoms. The predicted molar refractivity (Wildman–Crippen MR) is 49.5 cm³/mol. The molecule has 1 aliphatic carbocycles. The number of fused-ring (bicyclic) bond motifs is 1. The molecule has 0 saturated heterocycles. The first-order chi connectivity index (χ1) is 6.60. The molecule has 0 aromatic carbocycles. The minimum Gasteiger partial charge on any atom is -0.467 e. The number of carbonyl (C=O) groups is 1. The highest BCUT2D eigenvalue weighted by molar-refractivity contribution is 5.83. The summed E-state index contributed by atoms with van der Waals surface area (Å²) in [6.45, 7) is 1.92. The molecule has 1 aliphatic rings. The average molecular weight is 195 g/mol. The third-order valence-electron chi connectivity index (χ3n) is 2.95. The first-order valence-corrected chi connectivity index (χ1v) is 4.54. The zero-order valence-electron chi connectivity index (χ0n) is 8.24. The van der Waals surface area contributed by atoms with E-state index in [1.807, 2.05) is 13.0 Å². The smallest absolute Gasteiger partial charge is 0.334 e. The van der Waals surface area contributed by atoms with E-state index in [-0.39, 0.29) is 5.92 Å². The van der Waals surface area contributed by atoms with Gasteiger partial charge >= 0.3 is 5.97 Å². The van der Waals surface area contributed by atoms with E-state index in [0.29, 0.717) is 5.76 Å². The molecule has 0 radical (unpaired) electrons. The Morgan fingerprint density at radius 3 is 3.14 bits per heavy atom. The van der Waals surface area contributed by atoms with Gasteiger partial charge in [-0.3, -0.25) is 0 Å². The molecule has 0 amide bonds. The van der Waals surface area contributed by atoms with E-state index in [2.05, 4.69) is 0 Å². The number of nitrogens with two attached hydrogens (primary N) is 1. The highest BCUT2D eigenvalue weighted by Crippen LogP contribution is 2.40. The van der Waals surface area contributed by atoms with Crippen LogP contribution in [0.15, 0.2) is 16.7 Å². The monoisotopic (exact) mass is 195 g/mol. The molecule has 0 bridgehead atoms. The summed E-state index contributed by atoms with van der Waals surface area (Å²) in [5.41, 5.74) is 5.95. The Balaban J connectivity index is 2.49. The van der Waals surface area contributed by atoms with Crippen molar-refractivity contribution in [1.82, 2.24) is 0 Å². The van der Waals surface area contributed by atoms with Crippen molar-refractivity contribution in [3.8, 4) is 0 Å². The lowest BCUT2D eigenvalue weighted by atomic mass is 9.89. The molecular formula is C10H13NO3. The van der Waals surface area contributed by atoms with E-state index in [0.717, 1.165) is 12.0 Å². The number of ether oxygens (including phenoxy) is 1. The maximum absolute atomic E-state index is 11.6. The topological polar surface area (TPSA) is 65.5 Å². The fourth-order valence-electron chi connectivity index (χ4n) is 2.04. The van der Waals surface area contributed by atoms with Gasteiger partial charge in [-0.25, -0.2) is 4.79 Å². The highest BCUT2D eigenvalue weighted by atomic mass is 16.5. The van der Waals surface area contributed by atoms with Crippen molar-refractivity contribution < 1.29 is 13.9 Å². The van der Waals surface area contributed by atoms with E-state index < -0.39 is 11.5 Å². The Labute approximate surface area is 82.0 Å². The minimum absolute atomic E-state index is 0.0184. The van der Waals surface area contributed by atoms with Crippen molar-refractivity contribution in [2.75, 3.05) is 7.11 Å². The van der Waals surface area contributed by atoms with E-state index in [4.69, 9.17) is 14.9 Å². The van der Waals surface area contributed by atoms with Crippen LogP contribution in [0.5, 0.6) is 0 Å². The lowest BCUT2D eigenvalue weighted by Crippen LogP contribution is -2.48. The van der Waals surface area contributed by atoms with Gasteiger partial charge in [0.2, 0.25) is 0 Å². The number of methoxy groups -OCH3 is 1. The van der Waals surface area contributed by atoms with Gasteiger partial charge in [0.25, 0.3) is 0 Å².